The molecule has 76 valence electrons. The Hall–Kier alpha value is -0.260. The summed E-state index contributed by atoms with van der Waals surface area (Å²) in [6.45, 7) is 9.36. The van der Waals surface area contributed by atoms with Gasteiger partial charge in [0.15, 0.2) is 0 Å². The van der Waals surface area contributed by atoms with Crippen LogP contribution in [0.5, 0.6) is 0 Å². The van der Waals surface area contributed by atoms with E-state index < -0.39 is 0 Å². The fourth-order valence-corrected chi connectivity index (χ4v) is 2.37. The standard InChI is InChI=1S/C13H24/c1-11(2)6-5-8-13(4)9-7-12(3)10-13/h7,9,11-12H,5-6,8,10H2,1-4H3. The number of allylic oxidation sites excluding steroid dienone is 2. The van der Waals surface area contributed by atoms with Crippen LogP contribution in [-0.2, 0) is 0 Å². The van der Waals surface area contributed by atoms with Crippen molar-refractivity contribution < 1.29 is 0 Å². The van der Waals surface area contributed by atoms with Gasteiger partial charge in [-0.15, -0.1) is 0 Å². The van der Waals surface area contributed by atoms with Crippen molar-refractivity contribution in [1.82, 2.24) is 0 Å². The highest BCUT2D eigenvalue weighted by Gasteiger charge is 2.26. The molecule has 0 aromatic rings. The molecule has 0 saturated carbocycles. The molecule has 0 spiro atoms. The third-order valence-corrected chi connectivity index (χ3v) is 3.14. The van der Waals surface area contributed by atoms with Crippen molar-refractivity contribution in [3.8, 4) is 0 Å². The molecular weight excluding hydrogens is 156 g/mol. The van der Waals surface area contributed by atoms with Gasteiger partial charge in [0.05, 0.1) is 0 Å². The Bertz CT molecular complexity index is 178. The summed E-state index contributed by atoms with van der Waals surface area (Å²) in [4.78, 5) is 0. The first kappa shape index (κ1) is 10.8. The van der Waals surface area contributed by atoms with Crippen molar-refractivity contribution in [3.05, 3.63) is 12.2 Å². The zero-order valence-electron chi connectivity index (χ0n) is 9.64. The van der Waals surface area contributed by atoms with E-state index >= 15 is 0 Å². The molecule has 0 aromatic heterocycles. The first-order chi connectivity index (χ1) is 6.02. The largest absolute Gasteiger partial charge is 0.0851 e. The number of hydrogen-bond acceptors (Lipinski definition) is 0. The Labute approximate surface area is 83.4 Å². The van der Waals surface area contributed by atoms with Gasteiger partial charge in [-0.25, -0.2) is 0 Å². The minimum absolute atomic E-state index is 0.522. The first-order valence-electron chi connectivity index (χ1n) is 5.71. The van der Waals surface area contributed by atoms with Crippen LogP contribution in [-0.4, -0.2) is 0 Å². The summed E-state index contributed by atoms with van der Waals surface area (Å²) in [5.74, 6) is 1.68. The molecule has 13 heavy (non-hydrogen) atoms. The first-order valence-corrected chi connectivity index (χ1v) is 5.71. The second-order valence-electron chi connectivity index (χ2n) is 5.48. The smallest absolute Gasteiger partial charge is 0.0141 e. The molecule has 0 saturated heterocycles. The Morgan fingerprint density at radius 3 is 2.62 bits per heavy atom. The van der Waals surface area contributed by atoms with Gasteiger partial charge >= 0.3 is 0 Å². The fourth-order valence-electron chi connectivity index (χ4n) is 2.37. The minimum atomic E-state index is 0.522. The second kappa shape index (κ2) is 4.30. The lowest BCUT2D eigenvalue weighted by Crippen LogP contribution is -2.11. The molecule has 1 aliphatic carbocycles. The molecule has 0 aromatic carbocycles. The van der Waals surface area contributed by atoms with E-state index in [0.29, 0.717) is 5.41 Å². The third kappa shape index (κ3) is 3.54. The molecule has 2 unspecified atom stereocenters. The van der Waals surface area contributed by atoms with Crippen molar-refractivity contribution in [2.45, 2.75) is 53.4 Å². The minimum Gasteiger partial charge on any atom is -0.0851 e. The average molecular weight is 180 g/mol. The summed E-state index contributed by atoms with van der Waals surface area (Å²) in [6.07, 6.45) is 10.4. The van der Waals surface area contributed by atoms with Gasteiger partial charge in [0.1, 0.15) is 0 Å². The van der Waals surface area contributed by atoms with E-state index in [-0.39, 0.29) is 0 Å². The number of rotatable bonds is 4. The molecule has 0 fully saturated rings. The maximum atomic E-state index is 2.44. The van der Waals surface area contributed by atoms with Gasteiger partial charge in [-0.2, -0.15) is 0 Å². The van der Waals surface area contributed by atoms with Gasteiger partial charge in [0, 0.05) is 0 Å². The Morgan fingerprint density at radius 2 is 2.15 bits per heavy atom. The second-order valence-corrected chi connectivity index (χ2v) is 5.48. The van der Waals surface area contributed by atoms with Gasteiger partial charge in [-0.1, -0.05) is 52.7 Å². The summed E-state index contributed by atoms with van der Waals surface area (Å²) in [6, 6.07) is 0. The maximum absolute atomic E-state index is 2.44. The molecule has 0 heteroatoms. The third-order valence-electron chi connectivity index (χ3n) is 3.14. The van der Waals surface area contributed by atoms with Crippen LogP contribution >= 0.6 is 0 Å². The molecule has 0 radical (unpaired) electrons. The Morgan fingerprint density at radius 1 is 1.46 bits per heavy atom. The van der Waals surface area contributed by atoms with E-state index in [1.54, 1.807) is 0 Å². The topological polar surface area (TPSA) is 0 Å². The van der Waals surface area contributed by atoms with Crippen LogP contribution in [0.3, 0.4) is 0 Å². The van der Waals surface area contributed by atoms with Crippen molar-refractivity contribution in [2.75, 3.05) is 0 Å². The van der Waals surface area contributed by atoms with Gasteiger partial charge in [0.25, 0.3) is 0 Å². The van der Waals surface area contributed by atoms with E-state index in [2.05, 4.69) is 39.8 Å². The molecular formula is C13H24. The predicted octanol–water partition coefficient (Wildman–Crippen LogP) is 4.42. The lowest BCUT2D eigenvalue weighted by atomic mass is 9.82. The molecule has 0 N–H and O–H groups in total. The van der Waals surface area contributed by atoms with E-state index in [0.717, 1.165) is 11.8 Å². The van der Waals surface area contributed by atoms with Crippen LogP contribution in [0.4, 0.5) is 0 Å². The zero-order valence-corrected chi connectivity index (χ0v) is 9.64. The summed E-state index contributed by atoms with van der Waals surface area (Å²) in [5, 5.41) is 0. The summed E-state index contributed by atoms with van der Waals surface area (Å²) in [7, 11) is 0. The van der Waals surface area contributed by atoms with Crippen LogP contribution in [0, 0.1) is 17.3 Å². The van der Waals surface area contributed by atoms with E-state index in [4.69, 9.17) is 0 Å². The highest BCUT2D eigenvalue weighted by Crippen LogP contribution is 2.39. The summed E-state index contributed by atoms with van der Waals surface area (Å²) >= 11 is 0. The zero-order chi connectivity index (χ0) is 9.90. The van der Waals surface area contributed by atoms with E-state index in [9.17, 15) is 0 Å². The number of hydrogen-bond donors (Lipinski definition) is 0. The molecule has 0 nitrogen and oxygen atoms in total. The molecule has 2 atom stereocenters. The van der Waals surface area contributed by atoms with E-state index in [1.807, 2.05) is 0 Å². The van der Waals surface area contributed by atoms with Gasteiger partial charge in [-0.05, 0) is 30.1 Å². The Balaban J connectivity index is 2.25. The van der Waals surface area contributed by atoms with Crippen LogP contribution in [0.2, 0.25) is 0 Å². The molecule has 0 heterocycles. The highest BCUT2D eigenvalue weighted by molar-refractivity contribution is 5.07. The monoisotopic (exact) mass is 180 g/mol. The lowest BCUT2D eigenvalue weighted by molar-refractivity contribution is 0.330. The molecule has 0 bridgehead atoms. The van der Waals surface area contributed by atoms with Gasteiger partial charge in [0.2, 0.25) is 0 Å². The Kier molecular flexibility index (Phi) is 3.58. The van der Waals surface area contributed by atoms with Crippen LogP contribution < -0.4 is 0 Å². The van der Waals surface area contributed by atoms with Crippen molar-refractivity contribution >= 4 is 0 Å². The average Bonchev–Trinajstić information content (AvgIpc) is 2.30. The summed E-state index contributed by atoms with van der Waals surface area (Å²) in [5.41, 5.74) is 0.522. The maximum Gasteiger partial charge on any atom is -0.0141 e. The molecule has 0 amide bonds. The SMILES string of the molecule is CC(C)CCCC1(C)C=CC(C)C1. The van der Waals surface area contributed by atoms with Crippen LogP contribution in [0.25, 0.3) is 0 Å². The lowest BCUT2D eigenvalue weighted by Gasteiger charge is -2.23. The van der Waals surface area contributed by atoms with Crippen molar-refractivity contribution in [3.63, 3.8) is 0 Å². The van der Waals surface area contributed by atoms with Crippen LogP contribution in [0.15, 0.2) is 12.2 Å². The predicted molar refractivity (Wildman–Crippen MR) is 59.7 cm³/mol. The van der Waals surface area contributed by atoms with Gasteiger partial charge in [-0.3, -0.25) is 0 Å². The molecule has 1 rings (SSSR count). The van der Waals surface area contributed by atoms with E-state index in [1.165, 1.54) is 25.7 Å². The fraction of sp³-hybridized carbons (Fsp3) is 0.846. The summed E-state index contributed by atoms with van der Waals surface area (Å²) < 4.78 is 0. The highest BCUT2D eigenvalue weighted by atomic mass is 14.3. The van der Waals surface area contributed by atoms with Crippen molar-refractivity contribution in [2.24, 2.45) is 17.3 Å². The molecule has 1 aliphatic rings. The quantitative estimate of drug-likeness (QED) is 0.562. The van der Waals surface area contributed by atoms with Gasteiger partial charge < -0.3 is 0 Å². The van der Waals surface area contributed by atoms with Crippen molar-refractivity contribution in [1.29, 1.82) is 0 Å². The van der Waals surface area contributed by atoms with Crippen LogP contribution in [0.1, 0.15) is 53.4 Å². The normalized spacial score (nSPS) is 33.2. The molecule has 0 aliphatic heterocycles.